The van der Waals surface area contributed by atoms with Crippen LogP contribution < -0.4 is 5.73 Å². The largest absolute Gasteiger partial charge is 0.464 e. The van der Waals surface area contributed by atoms with Gasteiger partial charge in [0.15, 0.2) is 5.69 Å². The van der Waals surface area contributed by atoms with E-state index in [0.29, 0.717) is 24.7 Å². The molecule has 18 heavy (non-hydrogen) atoms. The highest BCUT2D eigenvalue weighted by molar-refractivity contribution is 5.92. The maximum Gasteiger partial charge on any atom is 0.360 e. The second-order valence-corrected chi connectivity index (χ2v) is 3.81. The second-order valence-electron chi connectivity index (χ2n) is 3.81. The summed E-state index contributed by atoms with van der Waals surface area (Å²) in [6.45, 7) is 3.06. The number of hydrogen-bond acceptors (Lipinski definition) is 5. The number of rotatable bonds is 4. The lowest BCUT2D eigenvalue weighted by atomic mass is 10.4. The molecule has 0 saturated heterocycles. The van der Waals surface area contributed by atoms with Gasteiger partial charge in [-0.2, -0.15) is 5.10 Å². The number of aromatic nitrogens is 4. The van der Waals surface area contributed by atoms with E-state index in [4.69, 9.17) is 5.73 Å². The predicted molar refractivity (Wildman–Crippen MR) is 64.9 cm³/mol. The maximum absolute atomic E-state index is 11.4. The molecule has 0 fully saturated rings. The number of esters is 1. The molecule has 0 unspecified atom stereocenters. The highest BCUT2D eigenvalue weighted by atomic mass is 16.5. The Morgan fingerprint density at radius 3 is 2.89 bits per heavy atom. The Bertz CT molecular complexity index is 544. The molecule has 7 heteroatoms. The zero-order chi connectivity index (χ0) is 13.1. The van der Waals surface area contributed by atoms with Gasteiger partial charge in [-0.3, -0.25) is 4.68 Å². The van der Waals surface area contributed by atoms with Gasteiger partial charge in [-0.1, -0.05) is 0 Å². The first-order valence-corrected chi connectivity index (χ1v) is 5.52. The molecule has 0 amide bonds. The van der Waals surface area contributed by atoms with Crippen molar-refractivity contribution in [3.8, 4) is 0 Å². The van der Waals surface area contributed by atoms with Gasteiger partial charge < -0.3 is 15.0 Å². The summed E-state index contributed by atoms with van der Waals surface area (Å²) in [5.74, 6) is 0.486. The number of ether oxygens (including phenoxy) is 1. The third-order valence-corrected chi connectivity index (χ3v) is 2.69. The van der Waals surface area contributed by atoms with Gasteiger partial charge in [-0.05, 0) is 13.0 Å². The molecular formula is C11H15N5O2. The topological polar surface area (TPSA) is 88.0 Å². The lowest BCUT2D eigenvalue weighted by Crippen LogP contribution is -2.12. The van der Waals surface area contributed by atoms with Crippen molar-refractivity contribution >= 4 is 11.8 Å². The van der Waals surface area contributed by atoms with Crippen LogP contribution >= 0.6 is 0 Å². The molecule has 7 nitrogen and oxygen atoms in total. The first-order chi connectivity index (χ1) is 8.63. The van der Waals surface area contributed by atoms with E-state index in [1.807, 2.05) is 12.3 Å². The third kappa shape index (κ3) is 2.20. The lowest BCUT2D eigenvalue weighted by Gasteiger charge is -2.07. The van der Waals surface area contributed by atoms with Crippen LogP contribution in [0.2, 0.25) is 0 Å². The predicted octanol–water partition coefficient (Wildman–Crippen LogP) is 0.457. The molecule has 0 aliphatic rings. The molecule has 96 valence electrons. The third-order valence-electron chi connectivity index (χ3n) is 2.69. The van der Waals surface area contributed by atoms with Gasteiger partial charge in [0.2, 0.25) is 0 Å². The van der Waals surface area contributed by atoms with E-state index >= 15 is 0 Å². The summed E-state index contributed by atoms with van der Waals surface area (Å²) < 4.78 is 8.18. The quantitative estimate of drug-likeness (QED) is 0.795. The van der Waals surface area contributed by atoms with Crippen LogP contribution in [0.3, 0.4) is 0 Å². The number of carbonyl (C=O) groups excluding carboxylic acids is 1. The smallest absolute Gasteiger partial charge is 0.360 e. The zero-order valence-corrected chi connectivity index (χ0v) is 10.3. The molecular weight excluding hydrogens is 234 g/mol. The summed E-state index contributed by atoms with van der Waals surface area (Å²) in [6.07, 6.45) is 3.58. The van der Waals surface area contributed by atoms with Crippen LogP contribution in [-0.2, 0) is 17.8 Å². The highest BCUT2D eigenvalue weighted by Gasteiger charge is 2.18. The SMILES string of the molecule is COC(=O)c1nc(C)n(CCn2cccn2)c1N. The lowest BCUT2D eigenvalue weighted by molar-refractivity contribution is 0.0595. The van der Waals surface area contributed by atoms with Crippen molar-refractivity contribution in [3.63, 3.8) is 0 Å². The van der Waals surface area contributed by atoms with Gasteiger partial charge in [-0.25, -0.2) is 9.78 Å². The molecule has 2 aromatic rings. The Kier molecular flexibility index (Phi) is 3.31. The van der Waals surface area contributed by atoms with Crippen molar-refractivity contribution in [2.24, 2.45) is 0 Å². The number of aryl methyl sites for hydroxylation is 2. The highest BCUT2D eigenvalue weighted by Crippen LogP contribution is 2.15. The Morgan fingerprint density at radius 2 is 2.28 bits per heavy atom. The van der Waals surface area contributed by atoms with Crippen LogP contribution in [0.4, 0.5) is 5.82 Å². The van der Waals surface area contributed by atoms with E-state index in [-0.39, 0.29) is 5.69 Å². The number of methoxy groups -OCH3 is 1. The maximum atomic E-state index is 11.4. The summed E-state index contributed by atoms with van der Waals surface area (Å²) in [4.78, 5) is 15.6. The summed E-state index contributed by atoms with van der Waals surface area (Å²) in [6, 6.07) is 1.85. The van der Waals surface area contributed by atoms with E-state index < -0.39 is 5.97 Å². The standard InChI is InChI=1S/C11H15N5O2/c1-8-14-9(11(17)18-2)10(12)16(8)7-6-15-5-3-4-13-15/h3-5H,6-7,12H2,1-2H3. The fourth-order valence-corrected chi connectivity index (χ4v) is 1.75. The van der Waals surface area contributed by atoms with Crippen molar-refractivity contribution in [3.05, 3.63) is 30.0 Å². The van der Waals surface area contributed by atoms with E-state index in [2.05, 4.69) is 14.8 Å². The Balaban J connectivity index is 2.18. The first-order valence-electron chi connectivity index (χ1n) is 5.52. The zero-order valence-electron chi connectivity index (χ0n) is 10.3. The Hall–Kier alpha value is -2.31. The van der Waals surface area contributed by atoms with Gasteiger partial charge >= 0.3 is 5.97 Å². The molecule has 0 aliphatic heterocycles. The number of imidazole rings is 1. The van der Waals surface area contributed by atoms with Gasteiger partial charge in [0.1, 0.15) is 11.6 Å². The van der Waals surface area contributed by atoms with Gasteiger partial charge in [0, 0.05) is 18.9 Å². The fourth-order valence-electron chi connectivity index (χ4n) is 1.75. The summed E-state index contributed by atoms with van der Waals surface area (Å²) in [7, 11) is 1.31. The minimum atomic E-state index is -0.520. The molecule has 0 bridgehead atoms. The second kappa shape index (κ2) is 4.91. The van der Waals surface area contributed by atoms with Crippen LogP contribution in [0.15, 0.2) is 18.5 Å². The van der Waals surface area contributed by atoms with Gasteiger partial charge in [0.05, 0.1) is 13.7 Å². The van der Waals surface area contributed by atoms with E-state index in [1.165, 1.54) is 7.11 Å². The van der Waals surface area contributed by atoms with E-state index in [1.54, 1.807) is 22.4 Å². The average molecular weight is 249 g/mol. The minimum Gasteiger partial charge on any atom is -0.464 e. The van der Waals surface area contributed by atoms with Crippen molar-refractivity contribution < 1.29 is 9.53 Å². The van der Waals surface area contributed by atoms with Crippen molar-refractivity contribution in [1.82, 2.24) is 19.3 Å². The number of hydrogen-bond donors (Lipinski definition) is 1. The van der Waals surface area contributed by atoms with Gasteiger partial charge in [-0.15, -0.1) is 0 Å². The van der Waals surface area contributed by atoms with Crippen molar-refractivity contribution in [2.45, 2.75) is 20.0 Å². The number of nitrogens with zero attached hydrogens (tertiary/aromatic N) is 4. The molecule has 0 saturated carbocycles. The van der Waals surface area contributed by atoms with Crippen LogP contribution in [0.1, 0.15) is 16.3 Å². The monoisotopic (exact) mass is 249 g/mol. The molecule has 0 aromatic carbocycles. The van der Waals surface area contributed by atoms with Crippen molar-refractivity contribution in [1.29, 1.82) is 0 Å². The molecule has 0 aliphatic carbocycles. The van der Waals surface area contributed by atoms with Crippen LogP contribution in [0, 0.1) is 6.92 Å². The van der Waals surface area contributed by atoms with Crippen LogP contribution in [0.5, 0.6) is 0 Å². The average Bonchev–Trinajstić information content (AvgIpc) is 2.96. The summed E-state index contributed by atoms with van der Waals surface area (Å²) >= 11 is 0. The molecule has 2 heterocycles. The fraction of sp³-hybridized carbons (Fsp3) is 0.364. The minimum absolute atomic E-state index is 0.162. The Morgan fingerprint density at radius 1 is 1.50 bits per heavy atom. The van der Waals surface area contributed by atoms with Crippen molar-refractivity contribution in [2.75, 3.05) is 12.8 Å². The van der Waals surface area contributed by atoms with E-state index in [9.17, 15) is 4.79 Å². The van der Waals surface area contributed by atoms with E-state index in [0.717, 1.165) is 0 Å². The number of nitrogen functional groups attached to an aromatic ring is 1. The van der Waals surface area contributed by atoms with Crippen LogP contribution in [0.25, 0.3) is 0 Å². The number of anilines is 1. The normalized spacial score (nSPS) is 10.6. The van der Waals surface area contributed by atoms with Gasteiger partial charge in [0.25, 0.3) is 0 Å². The summed E-state index contributed by atoms with van der Waals surface area (Å²) in [5.41, 5.74) is 6.05. The first kappa shape index (κ1) is 12.2. The number of nitrogens with two attached hydrogens (primary N) is 1. The molecule has 0 atom stereocenters. The molecule has 2 aromatic heterocycles. The molecule has 0 spiro atoms. The molecule has 2 rings (SSSR count). The van der Waals surface area contributed by atoms with Crippen LogP contribution in [-0.4, -0.2) is 32.4 Å². The Labute approximate surface area is 104 Å². The summed E-state index contributed by atoms with van der Waals surface area (Å²) in [5, 5.41) is 4.10. The number of carbonyl (C=O) groups is 1. The molecule has 0 radical (unpaired) electrons. The molecule has 2 N–H and O–H groups in total.